The maximum absolute atomic E-state index is 12.6. The highest BCUT2D eigenvalue weighted by Crippen LogP contribution is 2.22. The van der Waals surface area contributed by atoms with Gasteiger partial charge >= 0.3 is 0 Å². The third-order valence-corrected chi connectivity index (χ3v) is 6.32. The average Bonchev–Trinajstić information content (AvgIpc) is 3.22. The van der Waals surface area contributed by atoms with Crippen LogP contribution in [0.25, 0.3) is 0 Å². The number of nitrogens with zero attached hydrogens (tertiary/aromatic N) is 2. The van der Waals surface area contributed by atoms with Crippen molar-refractivity contribution in [2.24, 2.45) is 0 Å². The first-order chi connectivity index (χ1) is 12.9. The second kappa shape index (κ2) is 7.85. The zero-order valence-electron chi connectivity index (χ0n) is 14.5. The second-order valence-electron chi connectivity index (χ2n) is 6.21. The van der Waals surface area contributed by atoms with Crippen LogP contribution in [0.4, 0.5) is 5.69 Å². The Labute approximate surface area is 157 Å². The number of nitro groups is 1. The summed E-state index contributed by atoms with van der Waals surface area (Å²) in [6.45, 7) is 0.936. The number of carbonyl (C=O) groups is 1. The topological polar surface area (TPSA) is 110 Å². The van der Waals surface area contributed by atoms with Gasteiger partial charge in [0.1, 0.15) is 0 Å². The standard InChI is InChI=1S/C18H19N3O5S/c22-18(19-13-15-6-1-2-9-17(15)21(23)24)14-7-5-8-16(12-14)27(25,26)20-10-3-4-11-20/h1-2,5-9,12H,3-4,10-11,13H2,(H,19,22). The molecule has 27 heavy (non-hydrogen) atoms. The highest BCUT2D eigenvalue weighted by atomic mass is 32.2. The molecule has 142 valence electrons. The zero-order valence-corrected chi connectivity index (χ0v) is 15.3. The van der Waals surface area contributed by atoms with Gasteiger partial charge < -0.3 is 5.32 Å². The molecule has 0 aromatic heterocycles. The smallest absolute Gasteiger partial charge is 0.274 e. The maximum Gasteiger partial charge on any atom is 0.274 e. The van der Waals surface area contributed by atoms with Crippen molar-refractivity contribution < 1.29 is 18.1 Å². The lowest BCUT2D eigenvalue weighted by Crippen LogP contribution is -2.28. The van der Waals surface area contributed by atoms with Gasteiger partial charge in [0, 0.05) is 36.8 Å². The van der Waals surface area contributed by atoms with E-state index in [9.17, 15) is 23.3 Å². The van der Waals surface area contributed by atoms with Gasteiger partial charge in [-0.1, -0.05) is 24.3 Å². The number of hydrogen-bond donors (Lipinski definition) is 1. The summed E-state index contributed by atoms with van der Waals surface area (Å²) in [6, 6.07) is 12.0. The van der Waals surface area contributed by atoms with E-state index in [0.717, 1.165) is 12.8 Å². The molecule has 2 aromatic carbocycles. The van der Waals surface area contributed by atoms with Gasteiger partial charge in [0.15, 0.2) is 0 Å². The van der Waals surface area contributed by atoms with Crippen LogP contribution in [0.15, 0.2) is 53.4 Å². The summed E-state index contributed by atoms with van der Waals surface area (Å²) in [4.78, 5) is 23.0. The molecule has 0 atom stereocenters. The summed E-state index contributed by atoms with van der Waals surface area (Å²) in [5.74, 6) is -0.494. The maximum atomic E-state index is 12.6. The van der Waals surface area contributed by atoms with Gasteiger partial charge in [-0.3, -0.25) is 14.9 Å². The number of para-hydroxylation sites is 1. The summed E-state index contributed by atoms with van der Waals surface area (Å²) >= 11 is 0. The second-order valence-corrected chi connectivity index (χ2v) is 8.15. The van der Waals surface area contributed by atoms with Crippen LogP contribution >= 0.6 is 0 Å². The Morgan fingerprint density at radius 3 is 2.52 bits per heavy atom. The van der Waals surface area contributed by atoms with Crippen LogP contribution in [0.1, 0.15) is 28.8 Å². The van der Waals surface area contributed by atoms with E-state index in [1.165, 1.54) is 34.6 Å². The Balaban J connectivity index is 1.76. The molecular weight excluding hydrogens is 370 g/mol. The van der Waals surface area contributed by atoms with Gasteiger partial charge in [0.05, 0.1) is 9.82 Å². The number of nitrogens with one attached hydrogen (secondary N) is 1. The van der Waals surface area contributed by atoms with Crippen LogP contribution in [-0.4, -0.2) is 36.6 Å². The van der Waals surface area contributed by atoms with Crippen molar-refractivity contribution in [1.82, 2.24) is 9.62 Å². The summed E-state index contributed by atoms with van der Waals surface area (Å²) in [5.41, 5.74) is 0.480. The van der Waals surface area contributed by atoms with Crippen LogP contribution in [0.5, 0.6) is 0 Å². The molecule has 1 heterocycles. The van der Waals surface area contributed by atoms with Gasteiger partial charge in [-0.2, -0.15) is 4.31 Å². The average molecular weight is 389 g/mol. The summed E-state index contributed by atoms with van der Waals surface area (Å²) in [7, 11) is -3.62. The third-order valence-electron chi connectivity index (χ3n) is 4.43. The number of benzene rings is 2. The molecule has 1 aliphatic heterocycles. The molecule has 0 aliphatic carbocycles. The van der Waals surface area contributed by atoms with Gasteiger partial charge in [0.2, 0.25) is 10.0 Å². The third kappa shape index (κ3) is 4.15. The Hall–Kier alpha value is -2.78. The lowest BCUT2D eigenvalue weighted by atomic mass is 10.1. The number of sulfonamides is 1. The van der Waals surface area contributed by atoms with E-state index in [1.807, 2.05) is 0 Å². The van der Waals surface area contributed by atoms with E-state index in [2.05, 4.69) is 5.32 Å². The fraction of sp³-hybridized carbons (Fsp3) is 0.278. The molecule has 3 rings (SSSR count). The van der Waals surface area contributed by atoms with E-state index in [-0.39, 0.29) is 22.7 Å². The molecule has 9 heteroatoms. The van der Waals surface area contributed by atoms with Gasteiger partial charge in [-0.25, -0.2) is 8.42 Å². The van der Waals surface area contributed by atoms with E-state index >= 15 is 0 Å². The largest absolute Gasteiger partial charge is 0.348 e. The molecule has 1 N–H and O–H groups in total. The van der Waals surface area contributed by atoms with Crippen LogP contribution in [-0.2, 0) is 16.6 Å². The SMILES string of the molecule is O=C(NCc1ccccc1[N+](=O)[O-])c1cccc(S(=O)(=O)N2CCCC2)c1. The molecule has 1 fully saturated rings. The van der Waals surface area contributed by atoms with Crippen molar-refractivity contribution in [1.29, 1.82) is 0 Å². The van der Waals surface area contributed by atoms with Crippen molar-refractivity contribution in [2.75, 3.05) is 13.1 Å². The van der Waals surface area contributed by atoms with Crippen LogP contribution in [0.2, 0.25) is 0 Å². The molecule has 2 aromatic rings. The molecule has 0 spiro atoms. The van der Waals surface area contributed by atoms with Crippen molar-refractivity contribution in [3.63, 3.8) is 0 Å². The van der Waals surface area contributed by atoms with Crippen LogP contribution in [0.3, 0.4) is 0 Å². The zero-order chi connectivity index (χ0) is 19.4. The monoisotopic (exact) mass is 389 g/mol. The molecule has 8 nitrogen and oxygen atoms in total. The van der Waals surface area contributed by atoms with Crippen molar-refractivity contribution in [3.8, 4) is 0 Å². The van der Waals surface area contributed by atoms with Crippen molar-refractivity contribution >= 4 is 21.6 Å². The Morgan fingerprint density at radius 2 is 1.81 bits per heavy atom. The predicted octanol–water partition coefficient (Wildman–Crippen LogP) is 2.31. The lowest BCUT2D eigenvalue weighted by Gasteiger charge is -2.16. The first-order valence-corrected chi connectivity index (χ1v) is 9.94. The summed E-state index contributed by atoms with van der Waals surface area (Å²) in [5, 5.41) is 13.6. The van der Waals surface area contributed by atoms with E-state index in [1.54, 1.807) is 18.2 Å². The summed E-state index contributed by atoms with van der Waals surface area (Å²) < 4.78 is 26.7. The normalized spacial score (nSPS) is 14.8. The van der Waals surface area contributed by atoms with E-state index in [4.69, 9.17) is 0 Å². The highest BCUT2D eigenvalue weighted by molar-refractivity contribution is 7.89. The lowest BCUT2D eigenvalue weighted by molar-refractivity contribution is -0.385. The number of amides is 1. The first-order valence-electron chi connectivity index (χ1n) is 8.50. The molecule has 0 radical (unpaired) electrons. The molecule has 0 unspecified atom stereocenters. The number of hydrogen-bond acceptors (Lipinski definition) is 5. The fourth-order valence-corrected chi connectivity index (χ4v) is 4.55. The Kier molecular flexibility index (Phi) is 5.52. The quantitative estimate of drug-likeness (QED) is 0.602. The summed E-state index contributed by atoms with van der Waals surface area (Å²) in [6.07, 6.45) is 1.66. The van der Waals surface area contributed by atoms with Gasteiger partial charge in [-0.05, 0) is 31.0 Å². The van der Waals surface area contributed by atoms with Gasteiger partial charge in [0.25, 0.3) is 11.6 Å². The Morgan fingerprint density at radius 1 is 1.11 bits per heavy atom. The van der Waals surface area contributed by atoms with Gasteiger partial charge in [-0.15, -0.1) is 0 Å². The number of carbonyl (C=O) groups excluding carboxylic acids is 1. The number of rotatable bonds is 6. The number of nitro benzene ring substituents is 1. The minimum atomic E-state index is -3.62. The Bertz CT molecular complexity index is 968. The fourth-order valence-electron chi connectivity index (χ4n) is 2.99. The minimum Gasteiger partial charge on any atom is -0.348 e. The minimum absolute atomic E-state index is 0.0287. The van der Waals surface area contributed by atoms with E-state index < -0.39 is 20.9 Å². The van der Waals surface area contributed by atoms with E-state index in [0.29, 0.717) is 18.7 Å². The molecular formula is C18H19N3O5S. The van der Waals surface area contributed by atoms with Crippen LogP contribution < -0.4 is 5.32 Å². The molecule has 1 aliphatic rings. The highest BCUT2D eigenvalue weighted by Gasteiger charge is 2.27. The van der Waals surface area contributed by atoms with Crippen molar-refractivity contribution in [2.45, 2.75) is 24.3 Å². The molecule has 0 bridgehead atoms. The first kappa shape index (κ1) is 19.0. The molecule has 0 saturated carbocycles. The van der Waals surface area contributed by atoms with Crippen LogP contribution in [0, 0.1) is 10.1 Å². The molecule has 1 saturated heterocycles. The van der Waals surface area contributed by atoms with Crippen molar-refractivity contribution in [3.05, 3.63) is 69.8 Å². The predicted molar refractivity (Wildman–Crippen MR) is 98.7 cm³/mol. The molecule has 1 amide bonds.